The van der Waals surface area contributed by atoms with Crippen molar-refractivity contribution in [3.63, 3.8) is 0 Å². The molecule has 0 unspecified atom stereocenters. The van der Waals surface area contributed by atoms with Gasteiger partial charge in [-0.1, -0.05) is 23.7 Å². The van der Waals surface area contributed by atoms with Gasteiger partial charge in [-0.2, -0.15) is 4.31 Å². The van der Waals surface area contributed by atoms with Crippen molar-refractivity contribution >= 4 is 27.5 Å². The second-order valence-corrected chi connectivity index (χ2v) is 9.01. The molecular weight excluding hydrogens is 416 g/mol. The van der Waals surface area contributed by atoms with Gasteiger partial charge in [-0.3, -0.25) is 4.79 Å². The standard InChI is InChI=1S/C20H23ClN2O5S/c1-15-12-18(29(25,26)23-8-10-27-11-9-23)6-7-19(15)28-14-20(24)22-13-16-2-4-17(21)5-3-16/h2-7,12H,8-11,13-14H2,1H3,(H,22,24). The van der Waals surface area contributed by atoms with Crippen LogP contribution < -0.4 is 10.1 Å². The van der Waals surface area contributed by atoms with Gasteiger partial charge in [0.25, 0.3) is 5.91 Å². The van der Waals surface area contributed by atoms with Crippen LogP contribution in [0.5, 0.6) is 5.75 Å². The number of halogens is 1. The molecule has 1 heterocycles. The quantitative estimate of drug-likeness (QED) is 0.717. The highest BCUT2D eigenvalue weighted by molar-refractivity contribution is 7.89. The summed E-state index contributed by atoms with van der Waals surface area (Å²) in [7, 11) is -3.57. The van der Waals surface area contributed by atoms with Crippen LogP contribution in [0.3, 0.4) is 0 Å². The Balaban J connectivity index is 1.56. The molecule has 0 radical (unpaired) electrons. The van der Waals surface area contributed by atoms with Crippen LogP contribution in [0.25, 0.3) is 0 Å². The summed E-state index contributed by atoms with van der Waals surface area (Å²) in [6.45, 7) is 3.42. The zero-order valence-electron chi connectivity index (χ0n) is 16.1. The highest BCUT2D eigenvalue weighted by Gasteiger charge is 2.26. The topological polar surface area (TPSA) is 84.9 Å². The Kier molecular flexibility index (Phi) is 7.13. The van der Waals surface area contributed by atoms with Gasteiger partial charge in [0, 0.05) is 24.7 Å². The Morgan fingerprint density at radius 2 is 1.86 bits per heavy atom. The minimum Gasteiger partial charge on any atom is -0.484 e. The molecule has 0 atom stereocenters. The Bertz CT molecular complexity index is 957. The number of rotatable bonds is 7. The van der Waals surface area contributed by atoms with E-state index in [4.69, 9.17) is 21.1 Å². The maximum absolute atomic E-state index is 12.7. The number of hydrogen-bond acceptors (Lipinski definition) is 5. The zero-order chi connectivity index (χ0) is 20.9. The fraction of sp³-hybridized carbons (Fsp3) is 0.350. The summed E-state index contributed by atoms with van der Waals surface area (Å²) < 4.78 is 37.6. The summed E-state index contributed by atoms with van der Waals surface area (Å²) in [5.41, 5.74) is 1.57. The first-order valence-electron chi connectivity index (χ1n) is 9.19. The minimum atomic E-state index is -3.57. The van der Waals surface area contributed by atoms with E-state index in [2.05, 4.69) is 5.32 Å². The van der Waals surface area contributed by atoms with Crippen molar-refractivity contribution in [2.75, 3.05) is 32.9 Å². The lowest BCUT2D eigenvalue weighted by Crippen LogP contribution is -2.40. The lowest BCUT2D eigenvalue weighted by Gasteiger charge is -2.26. The van der Waals surface area contributed by atoms with Crippen LogP contribution in [0.4, 0.5) is 0 Å². The van der Waals surface area contributed by atoms with Gasteiger partial charge < -0.3 is 14.8 Å². The van der Waals surface area contributed by atoms with Gasteiger partial charge in [0.05, 0.1) is 18.1 Å². The fourth-order valence-electron chi connectivity index (χ4n) is 2.88. The number of hydrogen-bond donors (Lipinski definition) is 1. The SMILES string of the molecule is Cc1cc(S(=O)(=O)N2CCOCC2)ccc1OCC(=O)NCc1ccc(Cl)cc1. The Morgan fingerprint density at radius 1 is 1.17 bits per heavy atom. The molecule has 1 aliphatic heterocycles. The Hall–Kier alpha value is -2.13. The molecule has 0 spiro atoms. The lowest BCUT2D eigenvalue weighted by atomic mass is 10.2. The summed E-state index contributed by atoms with van der Waals surface area (Å²) >= 11 is 5.84. The number of carbonyl (C=O) groups excluding carboxylic acids is 1. The van der Waals surface area contributed by atoms with Gasteiger partial charge in [-0.25, -0.2) is 8.42 Å². The van der Waals surface area contributed by atoms with Crippen LogP contribution in [0.1, 0.15) is 11.1 Å². The minimum absolute atomic E-state index is 0.163. The second-order valence-electron chi connectivity index (χ2n) is 6.64. The highest BCUT2D eigenvalue weighted by Crippen LogP contribution is 2.24. The molecule has 156 valence electrons. The van der Waals surface area contributed by atoms with Crippen LogP contribution in [-0.2, 0) is 26.1 Å². The summed E-state index contributed by atoms with van der Waals surface area (Å²) in [4.78, 5) is 12.2. The monoisotopic (exact) mass is 438 g/mol. The average molecular weight is 439 g/mol. The van der Waals surface area contributed by atoms with Crippen LogP contribution in [0.2, 0.25) is 5.02 Å². The van der Waals surface area contributed by atoms with Gasteiger partial charge in [-0.05, 0) is 48.4 Å². The number of ether oxygens (including phenoxy) is 2. The van der Waals surface area contributed by atoms with Gasteiger partial charge >= 0.3 is 0 Å². The molecule has 9 heteroatoms. The molecule has 2 aromatic carbocycles. The third-order valence-electron chi connectivity index (χ3n) is 4.52. The molecule has 0 aromatic heterocycles. The Morgan fingerprint density at radius 3 is 2.52 bits per heavy atom. The predicted octanol–water partition coefficient (Wildman–Crippen LogP) is 2.36. The summed E-state index contributed by atoms with van der Waals surface area (Å²) in [6.07, 6.45) is 0. The molecule has 29 heavy (non-hydrogen) atoms. The maximum atomic E-state index is 12.7. The van der Waals surface area contributed by atoms with E-state index in [0.29, 0.717) is 49.2 Å². The van der Waals surface area contributed by atoms with E-state index >= 15 is 0 Å². The average Bonchev–Trinajstić information content (AvgIpc) is 2.73. The predicted molar refractivity (Wildman–Crippen MR) is 110 cm³/mol. The number of benzene rings is 2. The van der Waals surface area contributed by atoms with Gasteiger partial charge in [-0.15, -0.1) is 0 Å². The Labute approximate surface area is 175 Å². The molecule has 1 saturated heterocycles. The van der Waals surface area contributed by atoms with Gasteiger partial charge in [0.15, 0.2) is 6.61 Å². The first-order chi connectivity index (χ1) is 13.9. The number of morpholine rings is 1. The van der Waals surface area contributed by atoms with Crippen molar-refractivity contribution in [2.24, 2.45) is 0 Å². The number of carbonyl (C=O) groups is 1. The van der Waals surface area contributed by atoms with Crippen molar-refractivity contribution in [3.8, 4) is 5.75 Å². The zero-order valence-corrected chi connectivity index (χ0v) is 17.6. The van der Waals surface area contributed by atoms with Crippen LogP contribution >= 0.6 is 11.6 Å². The van der Waals surface area contributed by atoms with E-state index in [1.807, 2.05) is 12.1 Å². The molecule has 1 fully saturated rings. The second kappa shape index (κ2) is 9.58. The van der Waals surface area contributed by atoms with E-state index in [1.165, 1.54) is 10.4 Å². The largest absolute Gasteiger partial charge is 0.484 e. The van der Waals surface area contributed by atoms with E-state index < -0.39 is 10.0 Å². The first kappa shape index (κ1) is 21.6. The lowest BCUT2D eigenvalue weighted by molar-refractivity contribution is -0.123. The molecule has 3 rings (SSSR count). The molecular formula is C20H23ClN2O5S. The van der Waals surface area contributed by atoms with Crippen molar-refractivity contribution in [1.82, 2.24) is 9.62 Å². The smallest absolute Gasteiger partial charge is 0.258 e. The third-order valence-corrected chi connectivity index (χ3v) is 6.66. The molecule has 0 saturated carbocycles. The third kappa shape index (κ3) is 5.70. The van der Waals surface area contributed by atoms with Crippen molar-refractivity contribution < 1.29 is 22.7 Å². The van der Waals surface area contributed by atoms with Crippen LogP contribution in [0, 0.1) is 6.92 Å². The molecule has 0 aliphatic carbocycles. The molecule has 1 aliphatic rings. The van der Waals surface area contributed by atoms with Crippen molar-refractivity contribution in [2.45, 2.75) is 18.4 Å². The molecule has 1 N–H and O–H groups in total. The van der Waals surface area contributed by atoms with E-state index in [1.54, 1.807) is 31.2 Å². The van der Waals surface area contributed by atoms with Crippen LogP contribution in [-0.4, -0.2) is 51.5 Å². The summed E-state index contributed by atoms with van der Waals surface area (Å²) in [6, 6.07) is 11.8. The van der Waals surface area contributed by atoms with E-state index in [0.717, 1.165) is 5.56 Å². The maximum Gasteiger partial charge on any atom is 0.258 e. The number of nitrogens with zero attached hydrogens (tertiary/aromatic N) is 1. The molecule has 2 aromatic rings. The van der Waals surface area contributed by atoms with E-state index in [9.17, 15) is 13.2 Å². The normalized spacial score (nSPS) is 15.1. The van der Waals surface area contributed by atoms with Gasteiger partial charge in [0.2, 0.25) is 10.0 Å². The summed E-state index contributed by atoms with van der Waals surface area (Å²) in [5, 5.41) is 3.40. The number of aryl methyl sites for hydroxylation is 1. The number of amides is 1. The van der Waals surface area contributed by atoms with E-state index in [-0.39, 0.29) is 17.4 Å². The highest BCUT2D eigenvalue weighted by atomic mass is 35.5. The van der Waals surface area contributed by atoms with Crippen molar-refractivity contribution in [3.05, 3.63) is 58.6 Å². The molecule has 7 nitrogen and oxygen atoms in total. The van der Waals surface area contributed by atoms with Crippen LogP contribution in [0.15, 0.2) is 47.4 Å². The number of nitrogens with one attached hydrogen (secondary N) is 1. The first-order valence-corrected chi connectivity index (χ1v) is 11.0. The fourth-order valence-corrected chi connectivity index (χ4v) is 4.50. The molecule has 1 amide bonds. The van der Waals surface area contributed by atoms with Gasteiger partial charge in [0.1, 0.15) is 5.75 Å². The number of sulfonamides is 1. The van der Waals surface area contributed by atoms with Crippen molar-refractivity contribution in [1.29, 1.82) is 0 Å². The summed E-state index contributed by atoms with van der Waals surface area (Å²) in [5.74, 6) is 0.192. The molecule has 0 bridgehead atoms.